The molecule has 1 amide bonds. The third-order valence-electron chi connectivity index (χ3n) is 5.47. The molecule has 172 valence electrons. The first-order chi connectivity index (χ1) is 15.5. The summed E-state index contributed by atoms with van der Waals surface area (Å²) in [7, 11) is -3.41. The smallest absolute Gasteiger partial charge is 0.258 e. The van der Waals surface area contributed by atoms with Crippen LogP contribution in [0.15, 0.2) is 53.4 Å². The summed E-state index contributed by atoms with van der Waals surface area (Å²) in [5, 5.41) is 2.82. The van der Waals surface area contributed by atoms with Crippen LogP contribution < -0.4 is 10.1 Å². The molecule has 0 unspecified atom stereocenters. The van der Waals surface area contributed by atoms with Crippen molar-refractivity contribution in [3.05, 3.63) is 59.7 Å². The zero-order valence-electron chi connectivity index (χ0n) is 17.9. The number of benzene rings is 2. The van der Waals surface area contributed by atoms with E-state index in [4.69, 9.17) is 4.74 Å². The van der Waals surface area contributed by atoms with Crippen molar-refractivity contribution in [2.24, 2.45) is 0 Å². The van der Waals surface area contributed by atoms with Crippen molar-refractivity contribution in [3.8, 4) is 5.75 Å². The van der Waals surface area contributed by atoms with Gasteiger partial charge in [-0.1, -0.05) is 24.3 Å². The summed E-state index contributed by atoms with van der Waals surface area (Å²) >= 11 is 3.95. The largest absolute Gasteiger partial charge is 0.484 e. The van der Waals surface area contributed by atoms with E-state index in [-0.39, 0.29) is 12.5 Å². The van der Waals surface area contributed by atoms with Gasteiger partial charge in [-0.2, -0.15) is 4.31 Å². The number of ether oxygens (including phenoxy) is 1. The summed E-state index contributed by atoms with van der Waals surface area (Å²) in [4.78, 5) is 12.5. The maximum atomic E-state index is 12.6. The molecule has 2 saturated heterocycles. The molecule has 2 fully saturated rings. The summed E-state index contributed by atoms with van der Waals surface area (Å²) in [5.74, 6) is 2.85. The van der Waals surface area contributed by atoms with E-state index in [9.17, 15) is 13.2 Å². The van der Waals surface area contributed by atoms with Crippen LogP contribution in [-0.4, -0.2) is 49.8 Å². The average Bonchev–Trinajstić information content (AvgIpc) is 3.39. The summed E-state index contributed by atoms with van der Waals surface area (Å²) in [6.07, 6.45) is 3.09. The molecular weight excluding hydrogens is 464 g/mol. The molecule has 0 atom stereocenters. The lowest BCUT2D eigenvalue weighted by Gasteiger charge is -2.21. The molecule has 32 heavy (non-hydrogen) atoms. The Balaban J connectivity index is 1.22. The zero-order valence-corrected chi connectivity index (χ0v) is 20.3. The van der Waals surface area contributed by atoms with Gasteiger partial charge in [0.25, 0.3) is 5.91 Å². The molecule has 0 spiro atoms. The Morgan fingerprint density at radius 3 is 2.28 bits per heavy atom. The van der Waals surface area contributed by atoms with E-state index < -0.39 is 10.0 Å². The molecular formula is C23H28N2O4S3. The Hall–Kier alpha value is -1.68. The van der Waals surface area contributed by atoms with Crippen LogP contribution in [0.25, 0.3) is 0 Å². The van der Waals surface area contributed by atoms with E-state index in [1.54, 1.807) is 24.3 Å². The predicted octanol–water partition coefficient (Wildman–Crippen LogP) is 4.04. The zero-order chi connectivity index (χ0) is 22.4. The van der Waals surface area contributed by atoms with E-state index in [0.717, 1.165) is 18.4 Å². The number of hydrogen-bond donors (Lipinski definition) is 1. The van der Waals surface area contributed by atoms with Gasteiger partial charge in [-0.15, -0.1) is 23.5 Å². The van der Waals surface area contributed by atoms with Crippen LogP contribution in [0.4, 0.5) is 0 Å². The molecule has 2 aromatic rings. The first kappa shape index (κ1) is 23.5. The minimum Gasteiger partial charge on any atom is -0.484 e. The number of nitrogens with zero attached hydrogens (tertiary/aromatic N) is 1. The topological polar surface area (TPSA) is 75.7 Å². The first-order valence-corrected chi connectivity index (χ1v) is 14.4. The van der Waals surface area contributed by atoms with Crippen LogP contribution in [0.3, 0.4) is 0 Å². The SMILES string of the molecule is O=C(COc1ccc(C2SCCCS2)cc1)NCc1ccc(S(=O)(=O)N2CCCC2)cc1. The number of amides is 1. The van der Waals surface area contributed by atoms with E-state index >= 15 is 0 Å². The summed E-state index contributed by atoms with van der Waals surface area (Å²) in [5.41, 5.74) is 2.12. The molecule has 1 N–H and O–H groups in total. The van der Waals surface area contributed by atoms with Crippen molar-refractivity contribution in [2.75, 3.05) is 31.2 Å². The maximum absolute atomic E-state index is 12.6. The quantitative estimate of drug-likeness (QED) is 0.600. The van der Waals surface area contributed by atoms with Crippen molar-refractivity contribution in [1.82, 2.24) is 9.62 Å². The van der Waals surface area contributed by atoms with Gasteiger partial charge in [0.05, 0.1) is 9.48 Å². The molecule has 2 aromatic carbocycles. The first-order valence-electron chi connectivity index (χ1n) is 10.8. The summed E-state index contributed by atoms with van der Waals surface area (Å²) in [6, 6.07) is 14.7. The molecule has 2 heterocycles. The van der Waals surface area contributed by atoms with Crippen LogP contribution in [-0.2, 0) is 21.4 Å². The maximum Gasteiger partial charge on any atom is 0.258 e. The Morgan fingerprint density at radius 1 is 0.969 bits per heavy atom. The van der Waals surface area contributed by atoms with Crippen molar-refractivity contribution >= 4 is 39.5 Å². The van der Waals surface area contributed by atoms with Gasteiger partial charge >= 0.3 is 0 Å². The molecule has 0 aliphatic carbocycles. The Morgan fingerprint density at radius 2 is 1.62 bits per heavy atom. The predicted molar refractivity (Wildman–Crippen MR) is 130 cm³/mol. The summed E-state index contributed by atoms with van der Waals surface area (Å²) < 4.78 is 32.8. The molecule has 9 heteroatoms. The summed E-state index contributed by atoms with van der Waals surface area (Å²) in [6.45, 7) is 1.43. The van der Waals surface area contributed by atoms with Gasteiger partial charge in [-0.05, 0) is 66.2 Å². The molecule has 0 radical (unpaired) electrons. The highest BCUT2D eigenvalue weighted by atomic mass is 32.2. The normalized spacial score (nSPS) is 17.9. The molecule has 0 aromatic heterocycles. The van der Waals surface area contributed by atoms with Gasteiger partial charge in [0.15, 0.2) is 6.61 Å². The van der Waals surface area contributed by atoms with Gasteiger partial charge < -0.3 is 10.1 Å². The van der Waals surface area contributed by atoms with E-state index in [0.29, 0.717) is 34.9 Å². The van der Waals surface area contributed by atoms with Gasteiger partial charge in [0.2, 0.25) is 10.0 Å². The third kappa shape index (κ3) is 6.01. The van der Waals surface area contributed by atoms with E-state index in [2.05, 4.69) is 17.4 Å². The van der Waals surface area contributed by atoms with Crippen molar-refractivity contribution in [2.45, 2.75) is 35.3 Å². The highest BCUT2D eigenvalue weighted by Crippen LogP contribution is 2.43. The Labute approximate surface area is 198 Å². The second-order valence-corrected chi connectivity index (χ2v) is 12.5. The van der Waals surface area contributed by atoms with Gasteiger partial charge in [-0.25, -0.2) is 8.42 Å². The van der Waals surface area contributed by atoms with Crippen LogP contribution in [0.5, 0.6) is 5.75 Å². The number of sulfonamides is 1. The Bertz CT molecular complexity index is 999. The minimum absolute atomic E-state index is 0.0618. The monoisotopic (exact) mass is 492 g/mol. The lowest BCUT2D eigenvalue weighted by molar-refractivity contribution is -0.123. The Kier molecular flexibility index (Phi) is 8.04. The molecule has 6 nitrogen and oxygen atoms in total. The molecule has 0 bridgehead atoms. The second kappa shape index (κ2) is 11.0. The molecule has 4 rings (SSSR count). The lowest BCUT2D eigenvalue weighted by Crippen LogP contribution is -2.29. The second-order valence-electron chi connectivity index (χ2n) is 7.82. The highest BCUT2D eigenvalue weighted by molar-refractivity contribution is 8.16. The van der Waals surface area contributed by atoms with Crippen LogP contribution in [0, 0.1) is 0 Å². The van der Waals surface area contributed by atoms with E-state index in [1.165, 1.54) is 27.8 Å². The standard InChI is InChI=1S/C23H28N2O4S3/c26-22(17-29-20-8-6-19(7-9-20)23-30-14-3-15-31-23)24-16-18-4-10-21(11-5-18)32(27,28)25-12-1-2-13-25/h4-11,23H,1-3,12-17H2,(H,24,26). The van der Waals surface area contributed by atoms with Crippen molar-refractivity contribution in [1.29, 1.82) is 0 Å². The average molecular weight is 493 g/mol. The number of carbonyl (C=O) groups excluding carboxylic acids is 1. The van der Waals surface area contributed by atoms with Crippen LogP contribution in [0.1, 0.15) is 35.0 Å². The van der Waals surface area contributed by atoms with Crippen LogP contribution in [0.2, 0.25) is 0 Å². The van der Waals surface area contributed by atoms with Gasteiger partial charge in [-0.3, -0.25) is 4.79 Å². The highest BCUT2D eigenvalue weighted by Gasteiger charge is 2.26. The minimum atomic E-state index is -3.41. The van der Waals surface area contributed by atoms with Gasteiger partial charge in [0, 0.05) is 19.6 Å². The number of hydrogen-bond acceptors (Lipinski definition) is 6. The fourth-order valence-electron chi connectivity index (χ4n) is 3.66. The molecule has 2 aliphatic rings. The van der Waals surface area contributed by atoms with Crippen molar-refractivity contribution < 1.29 is 17.9 Å². The van der Waals surface area contributed by atoms with Crippen LogP contribution >= 0.6 is 23.5 Å². The van der Waals surface area contributed by atoms with Gasteiger partial charge in [0.1, 0.15) is 5.75 Å². The van der Waals surface area contributed by atoms with E-state index in [1.807, 2.05) is 35.7 Å². The lowest BCUT2D eigenvalue weighted by atomic mass is 10.2. The number of nitrogens with one attached hydrogen (secondary N) is 1. The fourth-order valence-corrected chi connectivity index (χ4v) is 8.07. The third-order valence-corrected chi connectivity index (χ3v) is 10.4. The number of thioether (sulfide) groups is 2. The van der Waals surface area contributed by atoms with Crippen molar-refractivity contribution in [3.63, 3.8) is 0 Å². The number of carbonyl (C=O) groups is 1. The fraction of sp³-hybridized carbons (Fsp3) is 0.435. The molecule has 0 saturated carbocycles. The molecule has 2 aliphatic heterocycles. The number of rotatable bonds is 8.